The Labute approximate surface area is 152 Å². The Morgan fingerprint density at radius 3 is 2.19 bits per heavy atom. The summed E-state index contributed by atoms with van der Waals surface area (Å²) in [7, 11) is 3.22. The Kier molecular flexibility index (Phi) is 4.98. The molecule has 0 spiro atoms. The van der Waals surface area contributed by atoms with Crippen molar-refractivity contribution in [2.24, 2.45) is 5.73 Å². The first-order valence-corrected chi connectivity index (χ1v) is 8.25. The van der Waals surface area contributed by atoms with E-state index in [0.717, 1.165) is 21.9 Å². The second kappa shape index (κ2) is 7.35. The van der Waals surface area contributed by atoms with E-state index in [4.69, 9.17) is 19.9 Å². The molecule has 0 fully saturated rings. The molecule has 3 aromatic carbocycles. The van der Waals surface area contributed by atoms with Crippen LogP contribution in [0.5, 0.6) is 17.2 Å². The van der Waals surface area contributed by atoms with Gasteiger partial charge in [-0.25, -0.2) is 0 Å². The minimum atomic E-state index is -0.703. The van der Waals surface area contributed by atoms with Gasteiger partial charge in [-0.2, -0.15) is 0 Å². The number of hydrogen-bond acceptors (Lipinski definition) is 4. The summed E-state index contributed by atoms with van der Waals surface area (Å²) in [6, 6.07) is 17.5. The second-order valence-corrected chi connectivity index (χ2v) is 5.89. The molecule has 134 valence electrons. The molecule has 1 unspecified atom stereocenters. The van der Waals surface area contributed by atoms with Crippen molar-refractivity contribution in [1.82, 2.24) is 0 Å². The van der Waals surface area contributed by atoms with Crippen molar-refractivity contribution in [3.05, 3.63) is 54.6 Å². The van der Waals surface area contributed by atoms with E-state index in [1.54, 1.807) is 21.1 Å². The van der Waals surface area contributed by atoms with Gasteiger partial charge in [0.1, 0.15) is 5.75 Å². The van der Waals surface area contributed by atoms with E-state index in [0.29, 0.717) is 17.2 Å². The third kappa shape index (κ3) is 3.28. The fourth-order valence-electron chi connectivity index (χ4n) is 2.88. The lowest BCUT2D eigenvalue weighted by molar-refractivity contribution is -0.123. The third-order valence-corrected chi connectivity index (χ3v) is 4.28. The molecule has 0 heterocycles. The molecule has 0 aliphatic carbocycles. The van der Waals surface area contributed by atoms with Gasteiger partial charge < -0.3 is 19.9 Å². The van der Waals surface area contributed by atoms with E-state index < -0.39 is 12.0 Å². The van der Waals surface area contributed by atoms with Crippen molar-refractivity contribution >= 4 is 16.7 Å². The molecule has 5 heteroatoms. The smallest absolute Gasteiger partial charge is 0.258 e. The first kappa shape index (κ1) is 17.6. The number of amides is 1. The molecule has 0 bridgehead atoms. The quantitative estimate of drug-likeness (QED) is 0.734. The summed E-state index contributed by atoms with van der Waals surface area (Å²) >= 11 is 0. The topological polar surface area (TPSA) is 70.8 Å². The zero-order chi connectivity index (χ0) is 18.7. The highest BCUT2D eigenvalue weighted by molar-refractivity contribution is 6.00. The molecule has 0 saturated carbocycles. The van der Waals surface area contributed by atoms with Gasteiger partial charge in [0.25, 0.3) is 5.91 Å². The lowest BCUT2D eigenvalue weighted by atomic mass is 9.97. The molecule has 0 aromatic heterocycles. The highest BCUT2D eigenvalue weighted by Crippen LogP contribution is 2.38. The van der Waals surface area contributed by atoms with Crippen LogP contribution < -0.4 is 19.9 Å². The van der Waals surface area contributed by atoms with Crippen LogP contribution in [0.25, 0.3) is 21.9 Å². The molecule has 26 heavy (non-hydrogen) atoms. The summed E-state index contributed by atoms with van der Waals surface area (Å²) < 4.78 is 16.5. The average Bonchev–Trinajstić information content (AvgIpc) is 2.67. The summed E-state index contributed by atoms with van der Waals surface area (Å²) in [6.07, 6.45) is -0.703. The van der Waals surface area contributed by atoms with Crippen molar-refractivity contribution in [2.45, 2.75) is 13.0 Å². The SMILES string of the molecule is COc1ccc(-c2ccc(OC(C)C(N)=O)c3ccccc23)cc1OC. The van der Waals surface area contributed by atoms with E-state index >= 15 is 0 Å². The van der Waals surface area contributed by atoms with Crippen LogP contribution in [-0.4, -0.2) is 26.2 Å². The summed E-state index contributed by atoms with van der Waals surface area (Å²) in [6.45, 7) is 1.64. The number of primary amides is 1. The molecule has 0 aliphatic rings. The predicted molar refractivity (Wildman–Crippen MR) is 102 cm³/mol. The average molecular weight is 351 g/mol. The second-order valence-electron chi connectivity index (χ2n) is 5.89. The van der Waals surface area contributed by atoms with Gasteiger partial charge in [0.2, 0.25) is 0 Å². The maximum atomic E-state index is 11.3. The molecule has 2 N–H and O–H groups in total. The molecule has 3 rings (SSSR count). The highest BCUT2D eigenvalue weighted by Gasteiger charge is 2.15. The summed E-state index contributed by atoms with van der Waals surface area (Å²) in [5.74, 6) is 1.46. The van der Waals surface area contributed by atoms with Crippen LogP contribution in [0.3, 0.4) is 0 Å². The van der Waals surface area contributed by atoms with Crippen LogP contribution in [0.4, 0.5) is 0 Å². The van der Waals surface area contributed by atoms with Gasteiger partial charge in [-0.05, 0) is 41.6 Å². The lowest BCUT2D eigenvalue weighted by Crippen LogP contribution is -2.30. The van der Waals surface area contributed by atoms with Crippen LogP contribution in [0.15, 0.2) is 54.6 Å². The van der Waals surface area contributed by atoms with E-state index in [2.05, 4.69) is 0 Å². The van der Waals surface area contributed by atoms with Gasteiger partial charge in [0, 0.05) is 5.39 Å². The number of methoxy groups -OCH3 is 2. The van der Waals surface area contributed by atoms with Crippen LogP contribution in [-0.2, 0) is 4.79 Å². The molecule has 1 amide bonds. The molecule has 0 saturated heterocycles. The largest absolute Gasteiger partial charge is 0.493 e. The molecule has 5 nitrogen and oxygen atoms in total. The summed E-state index contributed by atoms with van der Waals surface area (Å²) in [5.41, 5.74) is 7.34. The summed E-state index contributed by atoms with van der Waals surface area (Å²) in [4.78, 5) is 11.3. The highest BCUT2D eigenvalue weighted by atomic mass is 16.5. The van der Waals surface area contributed by atoms with Gasteiger partial charge >= 0.3 is 0 Å². The van der Waals surface area contributed by atoms with Crippen molar-refractivity contribution < 1.29 is 19.0 Å². The van der Waals surface area contributed by atoms with E-state index in [1.165, 1.54) is 0 Å². The number of carbonyl (C=O) groups is 1. The van der Waals surface area contributed by atoms with Crippen LogP contribution in [0.2, 0.25) is 0 Å². The van der Waals surface area contributed by atoms with Gasteiger partial charge in [0.05, 0.1) is 14.2 Å². The fourth-order valence-corrected chi connectivity index (χ4v) is 2.88. The third-order valence-electron chi connectivity index (χ3n) is 4.28. The minimum absolute atomic E-state index is 0.502. The molecule has 0 radical (unpaired) electrons. The van der Waals surface area contributed by atoms with E-state index in [1.807, 2.05) is 54.6 Å². The molecule has 1 atom stereocenters. The van der Waals surface area contributed by atoms with E-state index in [-0.39, 0.29) is 0 Å². The maximum Gasteiger partial charge on any atom is 0.258 e. The predicted octanol–water partition coefficient (Wildman–Crippen LogP) is 3.78. The Bertz CT molecular complexity index is 952. The van der Waals surface area contributed by atoms with Gasteiger partial charge in [-0.1, -0.05) is 36.4 Å². The van der Waals surface area contributed by atoms with Crippen molar-refractivity contribution in [3.8, 4) is 28.4 Å². The molecule has 3 aromatic rings. The molecular formula is C21H21NO4. The van der Waals surface area contributed by atoms with Crippen molar-refractivity contribution in [3.63, 3.8) is 0 Å². The molecule has 0 aliphatic heterocycles. The maximum absolute atomic E-state index is 11.3. The zero-order valence-corrected chi connectivity index (χ0v) is 15.0. The number of hydrogen-bond donors (Lipinski definition) is 1. The first-order chi connectivity index (χ1) is 12.5. The zero-order valence-electron chi connectivity index (χ0n) is 15.0. The van der Waals surface area contributed by atoms with Crippen LogP contribution >= 0.6 is 0 Å². The van der Waals surface area contributed by atoms with Crippen molar-refractivity contribution in [1.29, 1.82) is 0 Å². The number of ether oxygens (including phenoxy) is 3. The van der Waals surface area contributed by atoms with E-state index in [9.17, 15) is 4.79 Å². The number of nitrogens with two attached hydrogens (primary N) is 1. The Morgan fingerprint density at radius 1 is 0.885 bits per heavy atom. The standard InChI is InChI=1S/C21H21NO4/c1-13(21(22)23)26-18-11-9-15(16-6-4-5-7-17(16)18)14-8-10-19(24-2)20(12-14)25-3/h4-13H,1-3H3,(H2,22,23). The summed E-state index contributed by atoms with van der Waals surface area (Å²) in [5, 5.41) is 1.92. The number of fused-ring (bicyclic) bond motifs is 1. The van der Waals surface area contributed by atoms with Crippen molar-refractivity contribution in [2.75, 3.05) is 14.2 Å². The van der Waals surface area contributed by atoms with Crippen LogP contribution in [0.1, 0.15) is 6.92 Å². The van der Waals surface area contributed by atoms with Gasteiger partial charge in [0.15, 0.2) is 17.6 Å². The fraction of sp³-hybridized carbons (Fsp3) is 0.190. The lowest BCUT2D eigenvalue weighted by Gasteiger charge is -2.16. The first-order valence-electron chi connectivity index (χ1n) is 8.25. The number of benzene rings is 3. The Balaban J connectivity index is 2.13. The normalized spacial score (nSPS) is 11.8. The Hall–Kier alpha value is -3.21. The molecular weight excluding hydrogens is 330 g/mol. The van der Waals surface area contributed by atoms with Gasteiger partial charge in [-0.15, -0.1) is 0 Å². The number of carbonyl (C=O) groups excluding carboxylic acids is 1. The Morgan fingerprint density at radius 2 is 1.54 bits per heavy atom. The van der Waals surface area contributed by atoms with Gasteiger partial charge in [-0.3, -0.25) is 4.79 Å². The van der Waals surface area contributed by atoms with Crippen LogP contribution in [0, 0.1) is 0 Å². The minimum Gasteiger partial charge on any atom is -0.493 e. The monoisotopic (exact) mass is 351 g/mol. The number of rotatable bonds is 6.